The highest BCUT2D eigenvalue weighted by Crippen LogP contribution is 2.31. The number of carbonyl (C=O) groups excluding carboxylic acids is 1. The summed E-state index contributed by atoms with van der Waals surface area (Å²) in [5, 5.41) is 2.49. The molecule has 0 spiro atoms. The molecule has 2 rings (SSSR count). The number of rotatable bonds is 5. The van der Waals surface area contributed by atoms with Gasteiger partial charge in [-0.25, -0.2) is 0 Å². The molecule has 0 bridgehead atoms. The van der Waals surface area contributed by atoms with E-state index in [-0.39, 0.29) is 17.2 Å². The zero-order valence-corrected chi connectivity index (χ0v) is 15.2. The minimum absolute atomic E-state index is 0.0645. The van der Waals surface area contributed by atoms with Crippen LogP contribution in [0.3, 0.4) is 0 Å². The van der Waals surface area contributed by atoms with Crippen molar-refractivity contribution in [1.29, 1.82) is 0 Å². The first-order valence-corrected chi connectivity index (χ1v) is 8.37. The minimum Gasteiger partial charge on any atom is -0.492 e. The Balaban J connectivity index is 2.25. The Morgan fingerprint density at radius 2 is 1.92 bits per heavy atom. The second-order valence-corrected chi connectivity index (χ2v) is 6.79. The quantitative estimate of drug-likeness (QED) is 0.674. The Labute approximate surface area is 152 Å². The van der Waals surface area contributed by atoms with Crippen molar-refractivity contribution in [3.8, 4) is 5.75 Å². The van der Waals surface area contributed by atoms with Gasteiger partial charge in [-0.1, -0.05) is 35.8 Å². The van der Waals surface area contributed by atoms with E-state index in [0.717, 1.165) is 12.1 Å². The number of alkyl halides is 3. The molecule has 0 fully saturated rings. The zero-order chi connectivity index (χ0) is 18.6. The summed E-state index contributed by atoms with van der Waals surface area (Å²) in [5.41, 5.74) is -0.516. The molecule has 0 atom stereocenters. The fraction of sp³-hybridized carbons (Fsp3) is 0.278. The normalized spacial score (nSPS) is 11.5. The molecular formula is C18H17BrF3NO2. The molecule has 0 aliphatic heterocycles. The molecule has 0 saturated heterocycles. The van der Waals surface area contributed by atoms with E-state index in [4.69, 9.17) is 4.74 Å². The standard InChI is InChI=1S/C18H17BrF3NO2/c1-11(2)10-25-16-7-6-13(19)9-15(16)17(24)23-14-5-3-4-12(8-14)18(20,21)22/h3-9,11H,10H2,1-2H3,(H,23,24). The maximum Gasteiger partial charge on any atom is 0.416 e. The SMILES string of the molecule is CC(C)COc1ccc(Br)cc1C(=O)Nc1cccc(C(F)(F)F)c1. The summed E-state index contributed by atoms with van der Waals surface area (Å²) in [4.78, 5) is 12.5. The van der Waals surface area contributed by atoms with Crippen LogP contribution in [-0.2, 0) is 6.18 Å². The van der Waals surface area contributed by atoms with Crippen molar-refractivity contribution in [1.82, 2.24) is 0 Å². The molecule has 0 radical (unpaired) electrons. The Morgan fingerprint density at radius 1 is 1.20 bits per heavy atom. The van der Waals surface area contributed by atoms with Crippen LogP contribution < -0.4 is 10.1 Å². The van der Waals surface area contributed by atoms with Crippen LogP contribution in [0.4, 0.5) is 18.9 Å². The van der Waals surface area contributed by atoms with Gasteiger partial charge in [0.1, 0.15) is 5.75 Å². The summed E-state index contributed by atoms with van der Waals surface area (Å²) in [6.45, 7) is 4.37. The lowest BCUT2D eigenvalue weighted by molar-refractivity contribution is -0.137. The molecule has 0 aliphatic rings. The number of carbonyl (C=O) groups is 1. The van der Waals surface area contributed by atoms with Gasteiger partial charge >= 0.3 is 6.18 Å². The number of hydrogen-bond donors (Lipinski definition) is 1. The summed E-state index contributed by atoms with van der Waals surface area (Å²) in [6, 6.07) is 9.44. The van der Waals surface area contributed by atoms with Crippen molar-refractivity contribution < 1.29 is 22.7 Å². The van der Waals surface area contributed by atoms with Crippen LogP contribution in [0, 0.1) is 5.92 Å². The molecule has 25 heavy (non-hydrogen) atoms. The molecular weight excluding hydrogens is 399 g/mol. The Hall–Kier alpha value is -2.02. The van der Waals surface area contributed by atoms with Crippen molar-refractivity contribution in [2.24, 2.45) is 5.92 Å². The summed E-state index contributed by atoms with van der Waals surface area (Å²) < 4.78 is 44.6. The van der Waals surface area contributed by atoms with Crippen LogP contribution in [-0.4, -0.2) is 12.5 Å². The average molecular weight is 416 g/mol. The summed E-state index contributed by atoms with van der Waals surface area (Å²) in [5.74, 6) is 0.101. The Bertz CT molecular complexity index is 760. The number of anilines is 1. The number of amides is 1. The summed E-state index contributed by atoms with van der Waals surface area (Å²) in [6.07, 6.45) is -4.47. The number of halogens is 4. The minimum atomic E-state index is -4.47. The third-order valence-corrected chi connectivity index (χ3v) is 3.70. The van der Waals surface area contributed by atoms with Gasteiger partial charge in [-0.3, -0.25) is 4.79 Å². The first kappa shape index (κ1) is 19.3. The molecule has 3 nitrogen and oxygen atoms in total. The van der Waals surface area contributed by atoms with Gasteiger partial charge in [0.25, 0.3) is 5.91 Å². The molecule has 2 aromatic rings. The maximum absolute atomic E-state index is 12.8. The summed E-state index contributed by atoms with van der Waals surface area (Å²) >= 11 is 3.28. The fourth-order valence-electron chi connectivity index (χ4n) is 2.03. The highest BCUT2D eigenvalue weighted by molar-refractivity contribution is 9.10. The van der Waals surface area contributed by atoms with E-state index >= 15 is 0 Å². The lowest BCUT2D eigenvalue weighted by atomic mass is 10.1. The highest BCUT2D eigenvalue weighted by atomic mass is 79.9. The molecule has 0 heterocycles. The number of nitrogens with one attached hydrogen (secondary N) is 1. The van der Waals surface area contributed by atoms with Gasteiger partial charge in [0.2, 0.25) is 0 Å². The van der Waals surface area contributed by atoms with Crippen LogP contribution in [0.1, 0.15) is 29.8 Å². The predicted molar refractivity (Wildman–Crippen MR) is 93.9 cm³/mol. The van der Waals surface area contributed by atoms with E-state index in [2.05, 4.69) is 21.2 Å². The van der Waals surface area contributed by atoms with Gasteiger partial charge < -0.3 is 10.1 Å². The average Bonchev–Trinajstić information content (AvgIpc) is 2.53. The van der Waals surface area contributed by atoms with Crippen LogP contribution in [0.25, 0.3) is 0 Å². The number of hydrogen-bond acceptors (Lipinski definition) is 2. The van der Waals surface area contributed by atoms with E-state index in [1.807, 2.05) is 13.8 Å². The van der Waals surface area contributed by atoms with Crippen LogP contribution in [0.2, 0.25) is 0 Å². The molecule has 7 heteroatoms. The first-order chi connectivity index (χ1) is 11.7. The van der Waals surface area contributed by atoms with Crippen LogP contribution in [0.5, 0.6) is 5.75 Å². The predicted octanol–water partition coefficient (Wildman–Crippen LogP) is 5.76. The Kier molecular flexibility index (Phi) is 6.11. The smallest absolute Gasteiger partial charge is 0.416 e. The van der Waals surface area contributed by atoms with Crippen molar-refractivity contribution in [3.05, 3.63) is 58.1 Å². The fourth-order valence-corrected chi connectivity index (χ4v) is 2.39. The van der Waals surface area contributed by atoms with E-state index in [0.29, 0.717) is 16.8 Å². The molecule has 0 aliphatic carbocycles. The topological polar surface area (TPSA) is 38.3 Å². The van der Waals surface area contributed by atoms with Gasteiger partial charge in [-0.15, -0.1) is 0 Å². The second kappa shape index (κ2) is 7.91. The second-order valence-electron chi connectivity index (χ2n) is 5.88. The zero-order valence-electron chi connectivity index (χ0n) is 13.7. The molecule has 0 unspecified atom stereocenters. The maximum atomic E-state index is 12.8. The van der Waals surface area contributed by atoms with E-state index in [1.54, 1.807) is 18.2 Å². The van der Waals surface area contributed by atoms with Gasteiger partial charge in [0, 0.05) is 10.2 Å². The van der Waals surface area contributed by atoms with Crippen molar-refractivity contribution in [3.63, 3.8) is 0 Å². The van der Waals surface area contributed by atoms with E-state index in [1.165, 1.54) is 12.1 Å². The number of ether oxygens (including phenoxy) is 1. The van der Waals surface area contributed by atoms with E-state index < -0.39 is 17.6 Å². The first-order valence-electron chi connectivity index (χ1n) is 7.58. The van der Waals surface area contributed by atoms with Gasteiger partial charge in [-0.05, 0) is 42.3 Å². The van der Waals surface area contributed by atoms with Crippen molar-refractivity contribution in [2.75, 3.05) is 11.9 Å². The van der Waals surface area contributed by atoms with Gasteiger partial charge in [0.05, 0.1) is 17.7 Å². The molecule has 0 saturated carbocycles. The van der Waals surface area contributed by atoms with Crippen molar-refractivity contribution >= 4 is 27.5 Å². The monoisotopic (exact) mass is 415 g/mol. The Morgan fingerprint density at radius 3 is 2.56 bits per heavy atom. The van der Waals surface area contributed by atoms with E-state index in [9.17, 15) is 18.0 Å². The third kappa shape index (κ3) is 5.49. The number of benzene rings is 2. The molecule has 2 aromatic carbocycles. The molecule has 1 N–H and O–H groups in total. The van der Waals surface area contributed by atoms with Crippen LogP contribution in [0.15, 0.2) is 46.9 Å². The largest absolute Gasteiger partial charge is 0.492 e. The lowest BCUT2D eigenvalue weighted by Gasteiger charge is -2.14. The highest BCUT2D eigenvalue weighted by Gasteiger charge is 2.30. The van der Waals surface area contributed by atoms with Gasteiger partial charge in [-0.2, -0.15) is 13.2 Å². The van der Waals surface area contributed by atoms with Crippen molar-refractivity contribution in [2.45, 2.75) is 20.0 Å². The molecule has 134 valence electrons. The summed E-state index contributed by atoms with van der Waals surface area (Å²) in [7, 11) is 0. The third-order valence-electron chi connectivity index (χ3n) is 3.21. The molecule has 1 amide bonds. The molecule has 0 aromatic heterocycles. The van der Waals surface area contributed by atoms with Crippen LogP contribution >= 0.6 is 15.9 Å². The lowest BCUT2D eigenvalue weighted by Crippen LogP contribution is -2.15. The van der Waals surface area contributed by atoms with Gasteiger partial charge in [0.15, 0.2) is 0 Å².